The predicted octanol–water partition coefficient (Wildman–Crippen LogP) is 3.57. The van der Waals surface area contributed by atoms with Crippen LogP contribution in [0.1, 0.15) is 22.6 Å². The highest BCUT2D eigenvalue weighted by atomic mass is 32.2. The number of anilines is 1. The molecule has 136 valence electrons. The van der Waals surface area contributed by atoms with Crippen molar-refractivity contribution in [3.05, 3.63) is 89.5 Å². The van der Waals surface area contributed by atoms with Crippen molar-refractivity contribution in [1.29, 1.82) is 0 Å². The first-order valence-electron chi connectivity index (χ1n) is 8.44. The SMILES string of the molecule is Cc1ccc(S(=O)(=O)N2C(=O)C(c3ccccc3)c3ccccc32)cc1O. The number of aromatic hydroxyl groups is 1. The Bertz CT molecular complexity index is 1140. The van der Waals surface area contributed by atoms with Crippen molar-refractivity contribution < 1.29 is 18.3 Å². The fourth-order valence-electron chi connectivity index (χ4n) is 3.36. The van der Waals surface area contributed by atoms with Crippen molar-refractivity contribution in [2.24, 2.45) is 0 Å². The lowest BCUT2D eigenvalue weighted by molar-refractivity contribution is -0.117. The van der Waals surface area contributed by atoms with Gasteiger partial charge < -0.3 is 5.11 Å². The number of amides is 1. The van der Waals surface area contributed by atoms with Gasteiger partial charge in [0, 0.05) is 6.07 Å². The van der Waals surface area contributed by atoms with Gasteiger partial charge in [0.2, 0.25) is 0 Å². The van der Waals surface area contributed by atoms with E-state index in [1.165, 1.54) is 18.2 Å². The molecule has 0 aliphatic carbocycles. The number of aryl methyl sites for hydroxylation is 1. The number of para-hydroxylation sites is 1. The van der Waals surface area contributed by atoms with Gasteiger partial charge in [0.05, 0.1) is 16.5 Å². The van der Waals surface area contributed by atoms with E-state index in [1.807, 2.05) is 30.3 Å². The van der Waals surface area contributed by atoms with Crippen LogP contribution in [0.5, 0.6) is 5.75 Å². The van der Waals surface area contributed by atoms with Gasteiger partial charge in [0.15, 0.2) is 0 Å². The van der Waals surface area contributed by atoms with Crippen molar-refractivity contribution in [3.8, 4) is 5.75 Å². The van der Waals surface area contributed by atoms with Gasteiger partial charge >= 0.3 is 0 Å². The smallest absolute Gasteiger partial charge is 0.271 e. The lowest BCUT2D eigenvalue weighted by Crippen LogP contribution is -2.35. The summed E-state index contributed by atoms with van der Waals surface area (Å²) in [5.41, 5.74) is 2.29. The summed E-state index contributed by atoms with van der Waals surface area (Å²) in [5.74, 6) is -1.34. The molecule has 1 atom stereocenters. The standard InChI is InChI=1S/C21H17NO4S/c1-14-11-12-16(13-19(14)23)27(25,26)22-18-10-6-5-9-17(18)20(21(22)24)15-7-3-2-4-8-15/h2-13,20,23H,1H3. The third kappa shape index (κ3) is 2.69. The number of rotatable bonds is 3. The molecular weight excluding hydrogens is 362 g/mol. The number of hydrogen-bond donors (Lipinski definition) is 1. The van der Waals surface area contributed by atoms with Crippen LogP contribution in [0.15, 0.2) is 77.7 Å². The highest BCUT2D eigenvalue weighted by Crippen LogP contribution is 2.43. The molecule has 0 saturated carbocycles. The Labute approximate surface area is 157 Å². The van der Waals surface area contributed by atoms with E-state index >= 15 is 0 Å². The highest BCUT2D eigenvalue weighted by molar-refractivity contribution is 7.93. The zero-order valence-electron chi connectivity index (χ0n) is 14.5. The molecule has 6 heteroatoms. The maximum absolute atomic E-state index is 13.2. The van der Waals surface area contributed by atoms with Gasteiger partial charge in [-0.25, -0.2) is 12.7 Å². The maximum atomic E-state index is 13.2. The largest absolute Gasteiger partial charge is 0.508 e. The van der Waals surface area contributed by atoms with Crippen molar-refractivity contribution in [1.82, 2.24) is 0 Å². The molecule has 0 bridgehead atoms. The lowest BCUT2D eigenvalue weighted by Gasteiger charge is -2.19. The molecule has 1 N–H and O–H groups in total. The number of carbonyl (C=O) groups is 1. The molecule has 0 radical (unpaired) electrons. The Balaban J connectivity index is 1.88. The Hall–Kier alpha value is -3.12. The van der Waals surface area contributed by atoms with Gasteiger partial charge in [-0.05, 0) is 35.7 Å². The van der Waals surface area contributed by atoms with Gasteiger partial charge in [-0.15, -0.1) is 0 Å². The minimum absolute atomic E-state index is 0.123. The Morgan fingerprint density at radius 3 is 2.30 bits per heavy atom. The van der Waals surface area contributed by atoms with Crippen LogP contribution in [0.4, 0.5) is 5.69 Å². The number of sulfonamides is 1. The minimum atomic E-state index is -4.16. The van der Waals surface area contributed by atoms with Gasteiger partial charge in [-0.3, -0.25) is 4.79 Å². The molecule has 27 heavy (non-hydrogen) atoms. The summed E-state index contributed by atoms with van der Waals surface area (Å²) in [4.78, 5) is 13.1. The van der Waals surface area contributed by atoms with Gasteiger partial charge in [0.1, 0.15) is 5.75 Å². The van der Waals surface area contributed by atoms with Crippen LogP contribution < -0.4 is 4.31 Å². The fraction of sp³-hybridized carbons (Fsp3) is 0.0952. The molecule has 0 fully saturated rings. The second-order valence-corrected chi connectivity index (χ2v) is 8.25. The zero-order chi connectivity index (χ0) is 19.2. The maximum Gasteiger partial charge on any atom is 0.271 e. The van der Waals surface area contributed by atoms with Crippen LogP contribution in [-0.2, 0) is 14.8 Å². The molecule has 0 aromatic heterocycles. The van der Waals surface area contributed by atoms with E-state index < -0.39 is 21.8 Å². The first kappa shape index (κ1) is 17.3. The molecule has 1 amide bonds. The van der Waals surface area contributed by atoms with Crippen molar-refractivity contribution in [2.45, 2.75) is 17.7 Å². The van der Waals surface area contributed by atoms with E-state index in [0.29, 0.717) is 16.8 Å². The van der Waals surface area contributed by atoms with E-state index in [9.17, 15) is 18.3 Å². The Kier molecular flexibility index (Phi) is 4.00. The number of fused-ring (bicyclic) bond motifs is 1. The third-order valence-electron chi connectivity index (χ3n) is 4.77. The molecule has 1 unspecified atom stereocenters. The van der Waals surface area contributed by atoms with E-state index in [1.54, 1.807) is 31.2 Å². The van der Waals surface area contributed by atoms with Gasteiger partial charge in [-0.2, -0.15) is 0 Å². The van der Waals surface area contributed by atoms with E-state index in [4.69, 9.17) is 0 Å². The summed E-state index contributed by atoms with van der Waals surface area (Å²) >= 11 is 0. The quantitative estimate of drug-likeness (QED) is 0.755. The molecular formula is C21H17NO4S. The second-order valence-electron chi connectivity index (χ2n) is 6.46. The van der Waals surface area contributed by atoms with Gasteiger partial charge in [0.25, 0.3) is 15.9 Å². The van der Waals surface area contributed by atoms with Crippen LogP contribution in [0.3, 0.4) is 0 Å². The van der Waals surface area contributed by atoms with Crippen LogP contribution in [0.25, 0.3) is 0 Å². The number of hydrogen-bond acceptors (Lipinski definition) is 4. The number of carbonyl (C=O) groups excluding carboxylic acids is 1. The summed E-state index contributed by atoms with van der Waals surface area (Å²) in [7, 11) is -4.16. The van der Waals surface area contributed by atoms with E-state index in [-0.39, 0.29) is 10.6 Å². The molecule has 1 aliphatic rings. The Morgan fingerprint density at radius 1 is 0.926 bits per heavy atom. The lowest BCUT2D eigenvalue weighted by atomic mass is 9.93. The number of phenolic OH excluding ortho intramolecular Hbond substituents is 1. The van der Waals surface area contributed by atoms with Crippen LogP contribution in [0.2, 0.25) is 0 Å². The topological polar surface area (TPSA) is 74.7 Å². The third-order valence-corrected chi connectivity index (χ3v) is 6.47. The first-order valence-corrected chi connectivity index (χ1v) is 9.88. The van der Waals surface area contributed by atoms with Crippen molar-refractivity contribution in [3.63, 3.8) is 0 Å². The second kappa shape index (κ2) is 6.25. The number of nitrogens with zero attached hydrogens (tertiary/aromatic N) is 1. The monoisotopic (exact) mass is 379 g/mol. The average molecular weight is 379 g/mol. The molecule has 0 saturated heterocycles. The molecule has 1 heterocycles. The van der Waals surface area contributed by atoms with Gasteiger partial charge in [-0.1, -0.05) is 54.6 Å². The summed E-state index contributed by atoms with van der Waals surface area (Å²) in [5, 5.41) is 9.93. The summed E-state index contributed by atoms with van der Waals surface area (Å²) in [6.45, 7) is 1.67. The summed E-state index contributed by atoms with van der Waals surface area (Å²) in [6.07, 6.45) is 0. The predicted molar refractivity (Wildman–Crippen MR) is 102 cm³/mol. The van der Waals surface area contributed by atoms with E-state index in [2.05, 4.69) is 0 Å². The molecule has 5 nitrogen and oxygen atoms in total. The molecule has 3 aromatic carbocycles. The fourth-order valence-corrected chi connectivity index (χ4v) is 4.84. The summed E-state index contributed by atoms with van der Waals surface area (Å²) in [6, 6.07) is 20.1. The zero-order valence-corrected chi connectivity index (χ0v) is 15.3. The van der Waals surface area contributed by atoms with Crippen LogP contribution in [-0.4, -0.2) is 19.4 Å². The van der Waals surface area contributed by atoms with Crippen LogP contribution in [0, 0.1) is 6.92 Å². The van der Waals surface area contributed by atoms with Crippen molar-refractivity contribution >= 4 is 21.6 Å². The summed E-state index contributed by atoms with van der Waals surface area (Å²) < 4.78 is 27.3. The average Bonchev–Trinajstić information content (AvgIpc) is 2.97. The highest BCUT2D eigenvalue weighted by Gasteiger charge is 2.44. The first-order chi connectivity index (χ1) is 12.9. The molecule has 4 rings (SSSR count). The normalized spacial score (nSPS) is 16.4. The molecule has 0 spiro atoms. The minimum Gasteiger partial charge on any atom is -0.508 e. The van der Waals surface area contributed by atoms with Crippen molar-refractivity contribution in [2.75, 3.05) is 4.31 Å². The Morgan fingerprint density at radius 2 is 1.59 bits per heavy atom. The van der Waals surface area contributed by atoms with Crippen LogP contribution >= 0.6 is 0 Å². The molecule has 3 aromatic rings. The number of phenols is 1. The van der Waals surface area contributed by atoms with E-state index in [0.717, 1.165) is 9.87 Å². The molecule has 1 aliphatic heterocycles. The number of benzene rings is 3.